The fourth-order valence-electron chi connectivity index (χ4n) is 1.40. The molecule has 0 unspecified atom stereocenters. The Bertz CT molecular complexity index is 402. The number of nitrogens with one attached hydrogen (secondary N) is 1. The van der Waals surface area contributed by atoms with E-state index in [-0.39, 0.29) is 0 Å². The van der Waals surface area contributed by atoms with Gasteiger partial charge < -0.3 is 11.1 Å². The number of nitrogen functional groups attached to an aromatic ring is 1. The molecule has 0 heterocycles. The van der Waals surface area contributed by atoms with Gasteiger partial charge in [-0.15, -0.1) is 11.8 Å². The van der Waals surface area contributed by atoms with E-state index in [0.717, 1.165) is 12.0 Å². The maximum absolute atomic E-state index is 10.4. The summed E-state index contributed by atoms with van der Waals surface area (Å²) in [5.41, 5.74) is 8.05. The molecule has 3 N–H and O–H groups in total. The van der Waals surface area contributed by atoms with Crippen LogP contribution in [0.4, 0.5) is 11.4 Å². The highest BCUT2D eigenvalue weighted by molar-refractivity contribution is 8.07. The summed E-state index contributed by atoms with van der Waals surface area (Å²) in [4.78, 5) is 11.6. The molecular formula is C12H16N2OS. The number of thioether (sulfide) groups is 1. The Balaban J connectivity index is 3.10. The highest BCUT2D eigenvalue weighted by Crippen LogP contribution is 2.30. The topological polar surface area (TPSA) is 55.1 Å². The molecule has 0 saturated heterocycles. The van der Waals surface area contributed by atoms with Crippen molar-refractivity contribution in [3.63, 3.8) is 0 Å². The zero-order valence-corrected chi connectivity index (χ0v) is 10.3. The van der Waals surface area contributed by atoms with Crippen LogP contribution in [0.1, 0.15) is 18.9 Å². The standard InChI is InChI=1S/C12H16N2OS/c1-3-4-12(16-2)9-5-6-10(13)11(7-9)14-8-15/h4-8H,3,13H2,1-2H3,(H,14,15)/b12-4-. The van der Waals surface area contributed by atoms with Gasteiger partial charge in [0.25, 0.3) is 0 Å². The van der Waals surface area contributed by atoms with Crippen LogP contribution in [-0.4, -0.2) is 12.7 Å². The average molecular weight is 236 g/mol. The normalized spacial score (nSPS) is 11.2. The Morgan fingerprint density at radius 3 is 2.88 bits per heavy atom. The first-order valence-electron chi connectivity index (χ1n) is 5.07. The summed E-state index contributed by atoms with van der Waals surface area (Å²) in [5, 5.41) is 2.60. The van der Waals surface area contributed by atoms with Crippen molar-refractivity contribution >= 4 is 34.5 Å². The number of carbonyl (C=O) groups excluding carboxylic acids is 1. The Morgan fingerprint density at radius 2 is 2.31 bits per heavy atom. The molecule has 86 valence electrons. The molecule has 0 aliphatic rings. The first-order valence-corrected chi connectivity index (χ1v) is 6.29. The second kappa shape index (κ2) is 6.23. The molecule has 1 aromatic rings. The van der Waals surface area contributed by atoms with Gasteiger partial charge in [0.1, 0.15) is 0 Å². The molecule has 0 spiro atoms. The van der Waals surface area contributed by atoms with Crippen molar-refractivity contribution < 1.29 is 4.79 Å². The minimum atomic E-state index is 0.577. The van der Waals surface area contributed by atoms with E-state index in [1.807, 2.05) is 18.4 Å². The summed E-state index contributed by atoms with van der Waals surface area (Å²) < 4.78 is 0. The van der Waals surface area contributed by atoms with E-state index in [4.69, 9.17) is 5.73 Å². The van der Waals surface area contributed by atoms with Gasteiger partial charge in [-0.1, -0.05) is 19.1 Å². The molecule has 1 amide bonds. The van der Waals surface area contributed by atoms with Gasteiger partial charge in [0, 0.05) is 4.91 Å². The lowest BCUT2D eigenvalue weighted by atomic mass is 10.1. The lowest BCUT2D eigenvalue weighted by molar-refractivity contribution is -0.105. The Kier molecular flexibility index (Phi) is 4.92. The van der Waals surface area contributed by atoms with Crippen molar-refractivity contribution in [3.05, 3.63) is 29.8 Å². The summed E-state index contributed by atoms with van der Waals surface area (Å²) in [7, 11) is 0. The van der Waals surface area contributed by atoms with E-state index in [1.54, 1.807) is 17.8 Å². The van der Waals surface area contributed by atoms with Crippen LogP contribution in [0.25, 0.3) is 4.91 Å². The molecule has 0 aromatic heterocycles. The summed E-state index contributed by atoms with van der Waals surface area (Å²) >= 11 is 1.68. The number of hydrogen-bond acceptors (Lipinski definition) is 3. The largest absolute Gasteiger partial charge is 0.397 e. The Labute approximate surface area is 100 Å². The first-order chi connectivity index (χ1) is 7.72. The van der Waals surface area contributed by atoms with Crippen LogP contribution in [0, 0.1) is 0 Å². The number of nitrogens with two attached hydrogens (primary N) is 1. The molecule has 0 atom stereocenters. The minimum Gasteiger partial charge on any atom is -0.397 e. The van der Waals surface area contributed by atoms with E-state index in [2.05, 4.69) is 18.3 Å². The molecule has 0 bridgehead atoms. The average Bonchev–Trinajstić information content (AvgIpc) is 2.29. The van der Waals surface area contributed by atoms with Crippen molar-refractivity contribution in [1.82, 2.24) is 0 Å². The third kappa shape index (κ3) is 3.03. The molecular weight excluding hydrogens is 220 g/mol. The van der Waals surface area contributed by atoms with Crippen molar-refractivity contribution in [2.45, 2.75) is 13.3 Å². The fourth-order valence-corrected chi connectivity index (χ4v) is 2.10. The number of benzene rings is 1. The number of rotatable bonds is 5. The highest BCUT2D eigenvalue weighted by atomic mass is 32.2. The maximum atomic E-state index is 10.4. The van der Waals surface area contributed by atoms with Crippen LogP contribution in [0.15, 0.2) is 24.3 Å². The van der Waals surface area contributed by atoms with Crippen molar-refractivity contribution in [3.8, 4) is 0 Å². The lowest BCUT2D eigenvalue weighted by Crippen LogP contribution is -1.99. The SMILES string of the molecule is CC/C=C(\SC)c1ccc(N)c(NC=O)c1. The molecule has 0 fully saturated rings. The van der Waals surface area contributed by atoms with Crippen LogP contribution in [0.2, 0.25) is 0 Å². The molecule has 0 aliphatic heterocycles. The van der Waals surface area contributed by atoms with Gasteiger partial charge in [-0.3, -0.25) is 4.79 Å². The highest BCUT2D eigenvalue weighted by Gasteiger charge is 2.03. The zero-order valence-electron chi connectivity index (χ0n) is 9.49. The summed E-state index contributed by atoms with van der Waals surface area (Å²) in [5.74, 6) is 0. The van der Waals surface area contributed by atoms with Crippen LogP contribution in [-0.2, 0) is 4.79 Å². The number of hydrogen-bond donors (Lipinski definition) is 2. The van der Waals surface area contributed by atoms with Gasteiger partial charge in [-0.25, -0.2) is 0 Å². The molecule has 1 aromatic carbocycles. The summed E-state index contributed by atoms with van der Waals surface area (Å²) in [6, 6.07) is 5.66. The van der Waals surface area contributed by atoms with Gasteiger partial charge in [-0.05, 0) is 30.4 Å². The number of carbonyl (C=O) groups is 1. The Morgan fingerprint density at radius 1 is 1.56 bits per heavy atom. The number of amides is 1. The van der Waals surface area contributed by atoms with E-state index < -0.39 is 0 Å². The predicted molar refractivity (Wildman–Crippen MR) is 72.3 cm³/mol. The van der Waals surface area contributed by atoms with Crippen molar-refractivity contribution in [2.75, 3.05) is 17.3 Å². The van der Waals surface area contributed by atoms with Crippen LogP contribution in [0.5, 0.6) is 0 Å². The van der Waals surface area contributed by atoms with Gasteiger partial charge in [-0.2, -0.15) is 0 Å². The van der Waals surface area contributed by atoms with E-state index >= 15 is 0 Å². The summed E-state index contributed by atoms with van der Waals surface area (Å²) in [6.45, 7) is 2.10. The van der Waals surface area contributed by atoms with Crippen molar-refractivity contribution in [2.24, 2.45) is 0 Å². The van der Waals surface area contributed by atoms with E-state index in [1.165, 1.54) is 4.91 Å². The zero-order chi connectivity index (χ0) is 12.0. The lowest BCUT2D eigenvalue weighted by Gasteiger charge is -2.09. The van der Waals surface area contributed by atoms with E-state index in [9.17, 15) is 4.79 Å². The van der Waals surface area contributed by atoms with E-state index in [0.29, 0.717) is 17.8 Å². The third-order valence-electron chi connectivity index (χ3n) is 2.16. The van der Waals surface area contributed by atoms with Gasteiger partial charge in [0.15, 0.2) is 0 Å². The predicted octanol–water partition coefficient (Wildman–Crippen LogP) is 2.95. The molecule has 3 nitrogen and oxygen atoms in total. The van der Waals surface area contributed by atoms with Gasteiger partial charge in [0.2, 0.25) is 6.41 Å². The van der Waals surface area contributed by atoms with Crippen LogP contribution < -0.4 is 11.1 Å². The second-order valence-electron chi connectivity index (χ2n) is 3.24. The third-order valence-corrected chi connectivity index (χ3v) is 3.00. The molecule has 0 aliphatic carbocycles. The molecule has 1 rings (SSSR count). The van der Waals surface area contributed by atoms with Gasteiger partial charge >= 0.3 is 0 Å². The Hall–Kier alpha value is -1.42. The second-order valence-corrected chi connectivity index (χ2v) is 4.09. The van der Waals surface area contributed by atoms with Crippen molar-refractivity contribution in [1.29, 1.82) is 0 Å². The quantitative estimate of drug-likeness (QED) is 0.610. The maximum Gasteiger partial charge on any atom is 0.211 e. The molecule has 0 radical (unpaired) electrons. The fraction of sp³-hybridized carbons (Fsp3) is 0.250. The monoisotopic (exact) mass is 236 g/mol. The number of allylic oxidation sites excluding steroid dienone is 1. The molecule has 0 saturated carbocycles. The van der Waals surface area contributed by atoms with Gasteiger partial charge in [0.05, 0.1) is 11.4 Å². The molecule has 4 heteroatoms. The smallest absolute Gasteiger partial charge is 0.211 e. The molecule has 16 heavy (non-hydrogen) atoms. The minimum absolute atomic E-state index is 0.577. The number of anilines is 2. The van der Waals surface area contributed by atoms with Crippen LogP contribution in [0.3, 0.4) is 0 Å². The first kappa shape index (κ1) is 12.6. The summed E-state index contributed by atoms with van der Waals surface area (Å²) in [6.07, 6.45) is 5.81. The van der Waals surface area contributed by atoms with Crippen LogP contribution >= 0.6 is 11.8 Å².